The summed E-state index contributed by atoms with van der Waals surface area (Å²) in [5, 5.41) is 15.0. The highest BCUT2D eigenvalue weighted by atomic mass is 35.5. The van der Waals surface area contributed by atoms with Gasteiger partial charge in [-0.25, -0.2) is 0 Å². The van der Waals surface area contributed by atoms with Crippen LogP contribution in [0, 0.1) is 5.92 Å². The maximum Gasteiger partial charge on any atom is 0.250 e. The highest BCUT2D eigenvalue weighted by Gasteiger charge is 2.32. The summed E-state index contributed by atoms with van der Waals surface area (Å²) in [4.78, 5) is 38.1. The summed E-state index contributed by atoms with van der Waals surface area (Å²) in [6, 6.07) is -1.24. The van der Waals surface area contributed by atoms with E-state index in [1.807, 2.05) is 6.92 Å². The molecule has 1 unspecified atom stereocenters. The van der Waals surface area contributed by atoms with Crippen LogP contribution in [0.3, 0.4) is 0 Å². The summed E-state index contributed by atoms with van der Waals surface area (Å²) in [5.41, 5.74) is 5.72. The maximum absolute atomic E-state index is 12.5. The molecule has 0 bridgehead atoms. The van der Waals surface area contributed by atoms with E-state index < -0.39 is 30.0 Å². The minimum absolute atomic E-state index is 0. The van der Waals surface area contributed by atoms with Crippen LogP contribution in [0.2, 0.25) is 0 Å². The lowest BCUT2D eigenvalue weighted by atomic mass is 9.83. The Morgan fingerprint density at radius 3 is 2.30 bits per heavy atom. The number of halogens is 1. The number of amides is 3. The third kappa shape index (κ3) is 8.45. The van der Waals surface area contributed by atoms with E-state index in [9.17, 15) is 19.5 Å². The number of hydrogen-bond donors (Lipinski definition) is 4. The van der Waals surface area contributed by atoms with Crippen LogP contribution in [-0.4, -0.2) is 66.6 Å². The second-order valence-electron chi connectivity index (χ2n) is 7.29. The quantitative estimate of drug-likeness (QED) is 0.434. The van der Waals surface area contributed by atoms with E-state index in [1.54, 1.807) is 14.1 Å². The van der Waals surface area contributed by atoms with Gasteiger partial charge in [0.05, 0.1) is 6.54 Å². The second-order valence-corrected chi connectivity index (χ2v) is 7.29. The SMILES string of the molecule is CCC[C@H](N)C(O)C(=O)NCC(=O)N[C@H](C(=O)N(C)C)C1CCCCC1.Cl. The molecule has 0 aromatic rings. The third-order valence-electron chi connectivity index (χ3n) is 4.86. The molecule has 0 radical (unpaired) electrons. The molecule has 1 aliphatic rings. The average Bonchev–Trinajstić information content (AvgIpc) is 2.63. The largest absolute Gasteiger partial charge is 0.382 e. The number of carbonyl (C=O) groups excluding carboxylic acids is 3. The van der Waals surface area contributed by atoms with Crippen molar-refractivity contribution in [2.75, 3.05) is 20.6 Å². The Morgan fingerprint density at radius 1 is 1.19 bits per heavy atom. The van der Waals surface area contributed by atoms with E-state index in [0.717, 1.165) is 38.5 Å². The minimum atomic E-state index is -1.35. The van der Waals surface area contributed by atoms with Gasteiger partial charge in [0.1, 0.15) is 12.1 Å². The van der Waals surface area contributed by atoms with E-state index in [1.165, 1.54) is 4.90 Å². The van der Waals surface area contributed by atoms with Crippen molar-refractivity contribution in [2.45, 2.75) is 70.1 Å². The molecule has 5 N–H and O–H groups in total. The fourth-order valence-electron chi connectivity index (χ4n) is 3.31. The second kappa shape index (κ2) is 12.9. The predicted molar refractivity (Wildman–Crippen MR) is 106 cm³/mol. The Balaban J connectivity index is 0.00000676. The molecule has 9 heteroatoms. The van der Waals surface area contributed by atoms with E-state index >= 15 is 0 Å². The molecule has 158 valence electrons. The van der Waals surface area contributed by atoms with Gasteiger partial charge in [0.25, 0.3) is 5.91 Å². The fraction of sp³-hybridized carbons (Fsp3) is 0.833. The number of nitrogens with zero attached hydrogens (tertiary/aromatic N) is 1. The first-order valence-corrected chi connectivity index (χ1v) is 9.49. The first kappa shape index (κ1) is 25.6. The lowest BCUT2D eigenvalue weighted by Crippen LogP contribution is -2.54. The van der Waals surface area contributed by atoms with E-state index in [2.05, 4.69) is 10.6 Å². The smallest absolute Gasteiger partial charge is 0.250 e. The first-order valence-electron chi connectivity index (χ1n) is 9.49. The normalized spacial score (nSPS) is 17.8. The molecule has 0 heterocycles. The van der Waals surface area contributed by atoms with Gasteiger partial charge >= 0.3 is 0 Å². The van der Waals surface area contributed by atoms with Crippen LogP contribution in [-0.2, 0) is 14.4 Å². The Hall–Kier alpha value is -1.38. The summed E-state index contributed by atoms with van der Waals surface area (Å²) in [6.07, 6.45) is 4.98. The number of hydrogen-bond acceptors (Lipinski definition) is 5. The van der Waals surface area contributed by atoms with E-state index in [-0.39, 0.29) is 30.8 Å². The van der Waals surface area contributed by atoms with Crippen LogP contribution in [0.4, 0.5) is 0 Å². The highest BCUT2D eigenvalue weighted by molar-refractivity contribution is 5.91. The van der Waals surface area contributed by atoms with Crippen LogP contribution in [0.5, 0.6) is 0 Å². The van der Waals surface area contributed by atoms with Gasteiger partial charge in [-0.05, 0) is 25.2 Å². The van der Waals surface area contributed by atoms with Gasteiger partial charge in [0, 0.05) is 20.1 Å². The standard InChI is InChI=1S/C18H34N4O4.ClH/c1-4-8-13(19)16(24)17(25)20-11-14(23)21-15(18(26)22(2)3)12-9-6-5-7-10-12;/h12-13,15-16,24H,4-11,19H2,1-3H3,(H,20,25)(H,21,23);1H/t13-,15-,16?;/m0./s1. The summed E-state index contributed by atoms with van der Waals surface area (Å²) in [7, 11) is 3.33. The summed E-state index contributed by atoms with van der Waals surface area (Å²) in [5.74, 6) is -1.14. The first-order chi connectivity index (χ1) is 12.3. The Labute approximate surface area is 168 Å². The van der Waals surface area contributed by atoms with Gasteiger partial charge in [0.15, 0.2) is 0 Å². The molecule has 1 rings (SSSR count). The number of nitrogens with two attached hydrogens (primary N) is 1. The monoisotopic (exact) mass is 406 g/mol. The number of carbonyl (C=O) groups is 3. The molecule has 0 aliphatic heterocycles. The van der Waals surface area contributed by atoms with Crippen molar-refractivity contribution in [3.8, 4) is 0 Å². The minimum Gasteiger partial charge on any atom is -0.382 e. The predicted octanol–water partition coefficient (Wildman–Crippen LogP) is 0.166. The van der Waals surface area contributed by atoms with Crippen molar-refractivity contribution in [2.24, 2.45) is 11.7 Å². The average molecular weight is 407 g/mol. The Bertz CT molecular complexity index is 484. The molecule has 1 aliphatic carbocycles. The molecular weight excluding hydrogens is 372 g/mol. The molecule has 0 aromatic heterocycles. The zero-order valence-corrected chi connectivity index (χ0v) is 17.4. The van der Waals surface area contributed by atoms with Crippen LogP contribution in [0.15, 0.2) is 0 Å². The molecule has 0 saturated heterocycles. The summed E-state index contributed by atoms with van der Waals surface area (Å²) < 4.78 is 0. The van der Waals surface area contributed by atoms with Crippen LogP contribution in [0.1, 0.15) is 51.9 Å². The van der Waals surface area contributed by atoms with Crippen molar-refractivity contribution in [1.82, 2.24) is 15.5 Å². The molecule has 8 nitrogen and oxygen atoms in total. The van der Waals surface area contributed by atoms with Crippen molar-refractivity contribution < 1.29 is 19.5 Å². The van der Waals surface area contributed by atoms with Gasteiger partial charge in [-0.15, -0.1) is 12.4 Å². The Morgan fingerprint density at radius 2 is 1.78 bits per heavy atom. The van der Waals surface area contributed by atoms with Crippen LogP contribution >= 0.6 is 12.4 Å². The van der Waals surface area contributed by atoms with Crippen molar-refractivity contribution in [3.05, 3.63) is 0 Å². The highest BCUT2D eigenvalue weighted by Crippen LogP contribution is 2.27. The molecule has 3 amide bonds. The van der Waals surface area contributed by atoms with Crippen molar-refractivity contribution in [1.29, 1.82) is 0 Å². The van der Waals surface area contributed by atoms with Gasteiger partial charge in [-0.2, -0.15) is 0 Å². The topological polar surface area (TPSA) is 125 Å². The molecule has 0 spiro atoms. The molecule has 1 saturated carbocycles. The fourth-order valence-corrected chi connectivity index (χ4v) is 3.31. The van der Waals surface area contributed by atoms with E-state index in [4.69, 9.17) is 5.73 Å². The number of aliphatic hydroxyl groups excluding tert-OH is 1. The van der Waals surface area contributed by atoms with E-state index in [0.29, 0.717) is 6.42 Å². The summed E-state index contributed by atoms with van der Waals surface area (Å²) >= 11 is 0. The van der Waals surface area contributed by atoms with Gasteiger partial charge < -0.3 is 26.4 Å². The maximum atomic E-state index is 12.5. The summed E-state index contributed by atoms with van der Waals surface area (Å²) in [6.45, 7) is 1.61. The van der Waals surface area contributed by atoms with Gasteiger partial charge in [-0.3, -0.25) is 14.4 Å². The molecule has 1 fully saturated rings. The Kier molecular flexibility index (Phi) is 12.2. The van der Waals surface area contributed by atoms with Crippen molar-refractivity contribution >= 4 is 30.1 Å². The van der Waals surface area contributed by atoms with Crippen LogP contribution < -0.4 is 16.4 Å². The van der Waals surface area contributed by atoms with Gasteiger partial charge in [0.2, 0.25) is 11.8 Å². The van der Waals surface area contributed by atoms with Crippen LogP contribution in [0.25, 0.3) is 0 Å². The molecule has 27 heavy (non-hydrogen) atoms. The number of aliphatic hydroxyl groups is 1. The van der Waals surface area contributed by atoms with Gasteiger partial charge in [-0.1, -0.05) is 32.6 Å². The number of nitrogens with one attached hydrogen (secondary N) is 2. The lowest BCUT2D eigenvalue weighted by Gasteiger charge is -2.31. The zero-order valence-electron chi connectivity index (χ0n) is 16.6. The van der Waals surface area contributed by atoms with Crippen molar-refractivity contribution in [3.63, 3.8) is 0 Å². The third-order valence-corrected chi connectivity index (χ3v) is 4.86. The zero-order chi connectivity index (χ0) is 19.7. The number of rotatable bonds is 9. The molecule has 3 atom stereocenters. The lowest BCUT2D eigenvalue weighted by molar-refractivity contribution is -0.137. The molecular formula is C18H35ClN4O4. The molecule has 0 aromatic carbocycles. The number of likely N-dealkylation sites (N-methyl/N-ethyl adjacent to an activating group) is 1.